The van der Waals surface area contributed by atoms with Crippen molar-refractivity contribution in [3.05, 3.63) is 36.4 Å². The summed E-state index contributed by atoms with van der Waals surface area (Å²) >= 11 is 0. The van der Waals surface area contributed by atoms with Crippen LogP contribution in [-0.2, 0) is 4.79 Å². The van der Waals surface area contributed by atoms with Gasteiger partial charge in [-0.15, -0.1) is 0 Å². The Balaban J connectivity index is 2.85. The van der Waals surface area contributed by atoms with Crippen LogP contribution in [0.15, 0.2) is 30.8 Å². The molecule has 0 saturated carbocycles. The molecule has 1 aromatic carbocycles. The van der Waals surface area contributed by atoms with Crippen molar-refractivity contribution in [1.29, 1.82) is 0 Å². The molecule has 3 nitrogen and oxygen atoms in total. The third kappa shape index (κ3) is 2.36. The van der Waals surface area contributed by atoms with E-state index < -0.39 is 12.1 Å². The highest BCUT2D eigenvalue weighted by Crippen LogP contribution is 2.20. The summed E-state index contributed by atoms with van der Waals surface area (Å²) < 4.78 is 5.23. The fraction of sp³-hybridized carbons (Fsp3) is 0.182. The maximum atomic E-state index is 10.6. The number of benzene rings is 1. The second-order valence-electron chi connectivity index (χ2n) is 2.84. The number of aliphatic carboxylic acids is 1. The smallest absolute Gasteiger partial charge is 0.344 e. The molecule has 0 aliphatic heterocycles. The summed E-state index contributed by atoms with van der Waals surface area (Å²) in [5, 5.41) is 8.66. The number of rotatable bonds is 4. The van der Waals surface area contributed by atoms with E-state index in [0.717, 1.165) is 5.56 Å². The van der Waals surface area contributed by atoms with E-state index in [9.17, 15) is 4.79 Å². The van der Waals surface area contributed by atoms with Crippen molar-refractivity contribution in [3.63, 3.8) is 0 Å². The average molecular weight is 192 g/mol. The van der Waals surface area contributed by atoms with Gasteiger partial charge in [-0.3, -0.25) is 0 Å². The standard InChI is InChI=1S/C11H12O3/c1-3-9-6-4-5-7-10(9)14-8(2)11(12)13/h3-8H,1H2,2H3,(H,12,13). The lowest BCUT2D eigenvalue weighted by molar-refractivity contribution is -0.144. The molecule has 0 aliphatic rings. The summed E-state index contributed by atoms with van der Waals surface area (Å²) in [7, 11) is 0. The van der Waals surface area contributed by atoms with Gasteiger partial charge in [0.1, 0.15) is 5.75 Å². The van der Waals surface area contributed by atoms with Crippen molar-refractivity contribution < 1.29 is 14.6 Å². The monoisotopic (exact) mass is 192 g/mol. The maximum absolute atomic E-state index is 10.6. The molecule has 0 heterocycles. The van der Waals surface area contributed by atoms with Crippen molar-refractivity contribution in [2.75, 3.05) is 0 Å². The summed E-state index contributed by atoms with van der Waals surface area (Å²) in [6, 6.07) is 7.17. The van der Waals surface area contributed by atoms with Crippen LogP contribution in [0.3, 0.4) is 0 Å². The van der Waals surface area contributed by atoms with E-state index in [0.29, 0.717) is 5.75 Å². The molecule has 0 fully saturated rings. The Morgan fingerprint density at radius 1 is 1.57 bits per heavy atom. The van der Waals surface area contributed by atoms with E-state index in [4.69, 9.17) is 9.84 Å². The van der Waals surface area contributed by atoms with Gasteiger partial charge in [0.2, 0.25) is 0 Å². The largest absolute Gasteiger partial charge is 0.479 e. The Morgan fingerprint density at radius 2 is 2.21 bits per heavy atom. The van der Waals surface area contributed by atoms with E-state index in [1.807, 2.05) is 12.1 Å². The highest BCUT2D eigenvalue weighted by Gasteiger charge is 2.13. The van der Waals surface area contributed by atoms with Crippen LogP contribution in [0.1, 0.15) is 12.5 Å². The van der Waals surface area contributed by atoms with Crippen molar-refractivity contribution in [2.45, 2.75) is 13.0 Å². The van der Waals surface area contributed by atoms with E-state index in [1.54, 1.807) is 18.2 Å². The number of carboxylic acids is 1. The maximum Gasteiger partial charge on any atom is 0.344 e. The van der Waals surface area contributed by atoms with E-state index in [1.165, 1.54) is 6.92 Å². The fourth-order valence-corrected chi connectivity index (χ4v) is 0.997. The van der Waals surface area contributed by atoms with Gasteiger partial charge in [-0.2, -0.15) is 0 Å². The zero-order chi connectivity index (χ0) is 10.6. The van der Waals surface area contributed by atoms with Gasteiger partial charge in [0.05, 0.1) is 0 Å². The van der Waals surface area contributed by atoms with Gasteiger partial charge in [-0.05, 0) is 13.0 Å². The summed E-state index contributed by atoms with van der Waals surface area (Å²) in [4.78, 5) is 10.6. The van der Waals surface area contributed by atoms with Crippen LogP contribution in [0.25, 0.3) is 6.08 Å². The Kier molecular flexibility index (Phi) is 3.29. The zero-order valence-electron chi connectivity index (χ0n) is 7.93. The Labute approximate surface area is 82.6 Å². The second-order valence-corrected chi connectivity index (χ2v) is 2.84. The quantitative estimate of drug-likeness (QED) is 0.795. The molecular formula is C11H12O3. The van der Waals surface area contributed by atoms with Crippen LogP contribution in [0, 0.1) is 0 Å². The first-order chi connectivity index (χ1) is 6.65. The minimum Gasteiger partial charge on any atom is -0.479 e. The molecule has 0 aliphatic carbocycles. The molecule has 74 valence electrons. The lowest BCUT2D eigenvalue weighted by Gasteiger charge is -2.12. The molecule has 1 N–H and O–H groups in total. The Bertz CT molecular complexity index is 344. The lowest BCUT2D eigenvalue weighted by atomic mass is 10.2. The number of hydrogen-bond acceptors (Lipinski definition) is 2. The SMILES string of the molecule is C=Cc1ccccc1OC(C)C(=O)O. The number of carbonyl (C=O) groups is 1. The van der Waals surface area contributed by atoms with Gasteiger partial charge in [0.15, 0.2) is 6.10 Å². The Hall–Kier alpha value is -1.77. The lowest BCUT2D eigenvalue weighted by Crippen LogP contribution is -2.23. The molecule has 1 unspecified atom stereocenters. The van der Waals surface area contributed by atoms with Crippen molar-refractivity contribution in [1.82, 2.24) is 0 Å². The van der Waals surface area contributed by atoms with E-state index in [-0.39, 0.29) is 0 Å². The first-order valence-corrected chi connectivity index (χ1v) is 4.26. The zero-order valence-corrected chi connectivity index (χ0v) is 7.93. The predicted octanol–water partition coefficient (Wildman–Crippen LogP) is 2.18. The predicted molar refractivity (Wildman–Crippen MR) is 54.3 cm³/mol. The van der Waals surface area contributed by atoms with E-state index in [2.05, 4.69) is 6.58 Å². The van der Waals surface area contributed by atoms with Gasteiger partial charge in [-0.25, -0.2) is 4.79 Å². The van der Waals surface area contributed by atoms with Crippen LogP contribution in [0.5, 0.6) is 5.75 Å². The minimum atomic E-state index is -0.983. The second kappa shape index (κ2) is 4.46. The molecule has 1 aromatic rings. The number of carboxylic acid groups (broad SMARTS) is 1. The number of para-hydroxylation sites is 1. The minimum absolute atomic E-state index is 0.539. The molecule has 0 spiro atoms. The number of ether oxygens (including phenoxy) is 1. The normalized spacial score (nSPS) is 11.8. The van der Waals surface area contributed by atoms with Gasteiger partial charge >= 0.3 is 5.97 Å². The van der Waals surface area contributed by atoms with Crippen LogP contribution in [0.4, 0.5) is 0 Å². The van der Waals surface area contributed by atoms with Crippen molar-refractivity contribution in [3.8, 4) is 5.75 Å². The summed E-state index contributed by atoms with van der Waals surface area (Å²) in [5.74, 6) is -0.443. The molecule has 3 heteroatoms. The first kappa shape index (κ1) is 10.3. The molecule has 0 amide bonds. The third-order valence-corrected chi connectivity index (χ3v) is 1.79. The van der Waals surface area contributed by atoms with Crippen molar-refractivity contribution in [2.24, 2.45) is 0 Å². The first-order valence-electron chi connectivity index (χ1n) is 4.26. The molecule has 1 rings (SSSR count). The molecule has 0 bridgehead atoms. The highest BCUT2D eigenvalue weighted by molar-refractivity contribution is 5.72. The molecular weight excluding hydrogens is 180 g/mol. The van der Waals surface area contributed by atoms with Crippen LogP contribution >= 0.6 is 0 Å². The fourth-order valence-electron chi connectivity index (χ4n) is 0.997. The third-order valence-electron chi connectivity index (χ3n) is 1.79. The molecule has 0 radical (unpaired) electrons. The Morgan fingerprint density at radius 3 is 2.79 bits per heavy atom. The summed E-state index contributed by atoms with van der Waals surface area (Å²) in [5.41, 5.74) is 0.792. The van der Waals surface area contributed by atoms with Crippen LogP contribution in [0.2, 0.25) is 0 Å². The summed E-state index contributed by atoms with van der Waals surface area (Å²) in [6.07, 6.45) is 0.778. The van der Waals surface area contributed by atoms with Gasteiger partial charge in [0.25, 0.3) is 0 Å². The molecule has 0 aromatic heterocycles. The average Bonchev–Trinajstić information content (AvgIpc) is 2.18. The molecule has 0 saturated heterocycles. The topological polar surface area (TPSA) is 46.5 Å². The van der Waals surface area contributed by atoms with Gasteiger partial charge in [0, 0.05) is 5.56 Å². The van der Waals surface area contributed by atoms with Gasteiger partial charge in [-0.1, -0.05) is 30.9 Å². The molecule has 1 atom stereocenters. The highest BCUT2D eigenvalue weighted by atomic mass is 16.5. The van der Waals surface area contributed by atoms with E-state index >= 15 is 0 Å². The summed E-state index contributed by atoms with van der Waals surface area (Å²) in [6.45, 7) is 5.10. The van der Waals surface area contributed by atoms with Crippen molar-refractivity contribution >= 4 is 12.0 Å². The van der Waals surface area contributed by atoms with Crippen LogP contribution < -0.4 is 4.74 Å². The molecule has 14 heavy (non-hydrogen) atoms. The van der Waals surface area contributed by atoms with Gasteiger partial charge < -0.3 is 9.84 Å². The van der Waals surface area contributed by atoms with Crippen LogP contribution in [-0.4, -0.2) is 17.2 Å². The number of hydrogen-bond donors (Lipinski definition) is 1.